The number of nitrogens with one attached hydrogen (secondary N) is 1. The summed E-state index contributed by atoms with van der Waals surface area (Å²) in [5, 5.41) is 7.48. The number of pyridine rings is 1. The molecule has 27 heavy (non-hydrogen) atoms. The van der Waals surface area contributed by atoms with Crippen molar-refractivity contribution in [3.8, 4) is 5.69 Å². The molecule has 0 saturated heterocycles. The number of fused-ring (bicyclic) bond motifs is 1. The van der Waals surface area contributed by atoms with E-state index in [-0.39, 0.29) is 17.8 Å². The summed E-state index contributed by atoms with van der Waals surface area (Å²) < 4.78 is 16.0. The Morgan fingerprint density at radius 1 is 1.22 bits per heavy atom. The van der Waals surface area contributed by atoms with E-state index in [0.717, 1.165) is 41.6 Å². The van der Waals surface area contributed by atoms with Gasteiger partial charge in [-0.2, -0.15) is 5.10 Å². The van der Waals surface area contributed by atoms with Gasteiger partial charge in [-0.05, 0) is 68.5 Å². The molecule has 2 heterocycles. The molecular formula is C21H21FN4O. The van der Waals surface area contributed by atoms with Crippen molar-refractivity contribution in [3.05, 3.63) is 76.6 Å². The van der Waals surface area contributed by atoms with E-state index in [2.05, 4.69) is 15.4 Å². The van der Waals surface area contributed by atoms with Crippen LogP contribution in [0.15, 0.2) is 42.7 Å². The Hall–Kier alpha value is -3.02. The van der Waals surface area contributed by atoms with Crippen molar-refractivity contribution >= 4 is 5.91 Å². The van der Waals surface area contributed by atoms with Gasteiger partial charge in [-0.1, -0.05) is 6.07 Å². The first-order chi connectivity index (χ1) is 13.0. The zero-order valence-electron chi connectivity index (χ0n) is 15.4. The summed E-state index contributed by atoms with van der Waals surface area (Å²) in [5.74, 6) is -0.507. The Labute approximate surface area is 157 Å². The van der Waals surface area contributed by atoms with Gasteiger partial charge < -0.3 is 5.32 Å². The number of carbonyl (C=O) groups is 1. The Kier molecular flexibility index (Phi) is 4.48. The number of hydrogen-bond acceptors (Lipinski definition) is 3. The fraction of sp³-hybridized carbons (Fsp3) is 0.286. The highest BCUT2D eigenvalue weighted by molar-refractivity contribution is 5.92. The van der Waals surface area contributed by atoms with Gasteiger partial charge in [0.2, 0.25) is 0 Å². The normalized spacial score (nSPS) is 16.0. The van der Waals surface area contributed by atoms with Crippen LogP contribution >= 0.6 is 0 Å². The third-order valence-corrected chi connectivity index (χ3v) is 4.97. The number of halogens is 1. The number of aryl methyl sites for hydroxylation is 2. The second kappa shape index (κ2) is 6.95. The maximum Gasteiger partial charge on any atom is 0.270 e. The molecule has 0 saturated carbocycles. The van der Waals surface area contributed by atoms with Gasteiger partial charge in [-0.3, -0.25) is 9.78 Å². The number of carbonyl (C=O) groups excluding carboxylic acids is 1. The van der Waals surface area contributed by atoms with Crippen LogP contribution in [0.1, 0.15) is 51.8 Å². The minimum Gasteiger partial charge on any atom is -0.344 e. The monoisotopic (exact) mass is 364 g/mol. The second-order valence-electron chi connectivity index (χ2n) is 7.05. The first-order valence-electron chi connectivity index (χ1n) is 9.10. The van der Waals surface area contributed by atoms with Gasteiger partial charge in [-0.15, -0.1) is 0 Å². The number of nitrogens with zero attached hydrogens (tertiary/aromatic N) is 3. The SMILES string of the molecule is Cc1ccnc(C(=O)NC2CCCc3c2cnn3-c2cc(C)ccc2F)c1. The second-order valence-corrected chi connectivity index (χ2v) is 7.05. The van der Waals surface area contributed by atoms with Crippen LogP contribution in [0.2, 0.25) is 0 Å². The summed E-state index contributed by atoms with van der Waals surface area (Å²) in [6.07, 6.45) is 5.91. The van der Waals surface area contributed by atoms with Gasteiger partial charge in [0.25, 0.3) is 5.91 Å². The van der Waals surface area contributed by atoms with Gasteiger partial charge in [0.15, 0.2) is 0 Å². The van der Waals surface area contributed by atoms with Gasteiger partial charge in [-0.25, -0.2) is 9.07 Å². The zero-order chi connectivity index (χ0) is 19.0. The van der Waals surface area contributed by atoms with Crippen molar-refractivity contribution in [2.75, 3.05) is 0 Å². The minimum atomic E-state index is -0.304. The maximum atomic E-state index is 14.3. The molecule has 0 radical (unpaired) electrons. The predicted octanol–water partition coefficient (Wildman–Crippen LogP) is 3.83. The summed E-state index contributed by atoms with van der Waals surface area (Å²) in [6, 6.07) is 8.48. The van der Waals surface area contributed by atoms with Crippen LogP contribution in [-0.4, -0.2) is 20.7 Å². The summed E-state index contributed by atoms with van der Waals surface area (Å²) >= 11 is 0. The van der Waals surface area contributed by atoms with Gasteiger partial charge in [0.05, 0.1) is 12.2 Å². The smallest absolute Gasteiger partial charge is 0.270 e. The lowest BCUT2D eigenvalue weighted by atomic mass is 9.92. The summed E-state index contributed by atoms with van der Waals surface area (Å²) in [4.78, 5) is 16.7. The largest absolute Gasteiger partial charge is 0.344 e. The summed E-state index contributed by atoms with van der Waals surface area (Å²) in [5.41, 5.74) is 4.71. The molecule has 4 rings (SSSR count). The third-order valence-electron chi connectivity index (χ3n) is 4.97. The molecule has 1 aromatic carbocycles. The van der Waals surface area contributed by atoms with Crippen LogP contribution < -0.4 is 5.32 Å². The van der Waals surface area contributed by atoms with E-state index < -0.39 is 0 Å². The van der Waals surface area contributed by atoms with Gasteiger partial charge in [0.1, 0.15) is 17.2 Å². The van der Waals surface area contributed by atoms with Crippen LogP contribution in [0.5, 0.6) is 0 Å². The molecule has 1 aliphatic carbocycles. The van der Waals surface area contributed by atoms with E-state index in [1.54, 1.807) is 35.3 Å². The highest BCUT2D eigenvalue weighted by Gasteiger charge is 2.27. The molecule has 3 aromatic rings. The lowest BCUT2D eigenvalue weighted by molar-refractivity contribution is 0.0927. The number of hydrogen-bond donors (Lipinski definition) is 1. The molecule has 138 valence electrons. The van der Waals surface area contributed by atoms with E-state index in [1.165, 1.54) is 6.07 Å². The highest BCUT2D eigenvalue weighted by atomic mass is 19.1. The van der Waals surface area contributed by atoms with E-state index in [1.807, 2.05) is 19.9 Å². The quantitative estimate of drug-likeness (QED) is 0.768. The average Bonchev–Trinajstić information content (AvgIpc) is 3.08. The van der Waals surface area contributed by atoms with E-state index in [4.69, 9.17) is 0 Å². The molecule has 0 bridgehead atoms. The first kappa shape index (κ1) is 17.4. The summed E-state index contributed by atoms with van der Waals surface area (Å²) in [7, 11) is 0. The topological polar surface area (TPSA) is 59.8 Å². The highest BCUT2D eigenvalue weighted by Crippen LogP contribution is 2.32. The van der Waals surface area contributed by atoms with Gasteiger partial charge >= 0.3 is 0 Å². The Bertz CT molecular complexity index is 1010. The Balaban J connectivity index is 1.64. The average molecular weight is 364 g/mol. The lowest BCUT2D eigenvalue weighted by Gasteiger charge is -2.24. The van der Waals surface area contributed by atoms with Crippen molar-refractivity contribution in [2.45, 2.75) is 39.2 Å². The molecule has 1 N–H and O–H groups in total. The van der Waals surface area contributed by atoms with Crippen molar-refractivity contribution < 1.29 is 9.18 Å². The third kappa shape index (κ3) is 3.35. The Morgan fingerprint density at radius 2 is 2.04 bits per heavy atom. The van der Waals surface area contributed by atoms with Crippen molar-refractivity contribution in [2.24, 2.45) is 0 Å². The fourth-order valence-corrected chi connectivity index (χ4v) is 3.59. The molecule has 1 aliphatic rings. The molecule has 1 unspecified atom stereocenters. The molecule has 1 amide bonds. The number of benzene rings is 1. The van der Waals surface area contributed by atoms with Crippen molar-refractivity contribution in [1.82, 2.24) is 20.1 Å². The van der Waals surface area contributed by atoms with Gasteiger partial charge in [0, 0.05) is 17.5 Å². The molecular weight excluding hydrogens is 343 g/mol. The van der Waals surface area contributed by atoms with Crippen LogP contribution in [0, 0.1) is 19.7 Å². The summed E-state index contributed by atoms with van der Waals surface area (Å²) in [6.45, 7) is 3.86. The fourth-order valence-electron chi connectivity index (χ4n) is 3.59. The molecule has 0 spiro atoms. The molecule has 2 aromatic heterocycles. The number of amides is 1. The van der Waals surface area contributed by atoms with E-state index in [9.17, 15) is 9.18 Å². The Morgan fingerprint density at radius 3 is 2.85 bits per heavy atom. The van der Waals surface area contributed by atoms with Crippen molar-refractivity contribution in [1.29, 1.82) is 0 Å². The predicted molar refractivity (Wildman–Crippen MR) is 100 cm³/mol. The molecule has 0 fully saturated rings. The lowest BCUT2D eigenvalue weighted by Crippen LogP contribution is -2.31. The van der Waals surface area contributed by atoms with Crippen LogP contribution in [0.4, 0.5) is 4.39 Å². The van der Waals surface area contributed by atoms with E-state index >= 15 is 0 Å². The van der Waals surface area contributed by atoms with Crippen LogP contribution in [-0.2, 0) is 6.42 Å². The molecule has 1 atom stereocenters. The maximum absolute atomic E-state index is 14.3. The molecule has 6 heteroatoms. The number of aromatic nitrogens is 3. The standard InChI is InChI=1S/C21H21FN4O/c1-13-6-7-16(22)20(11-13)26-19-5-3-4-17(15(19)12-24-26)25-21(27)18-10-14(2)8-9-23-18/h6-12,17H,3-5H2,1-2H3,(H,25,27). The van der Waals surface area contributed by atoms with Crippen molar-refractivity contribution in [3.63, 3.8) is 0 Å². The number of rotatable bonds is 3. The zero-order valence-corrected chi connectivity index (χ0v) is 15.4. The molecule has 0 aliphatic heterocycles. The van der Waals surface area contributed by atoms with E-state index in [0.29, 0.717) is 11.4 Å². The molecule has 5 nitrogen and oxygen atoms in total. The first-order valence-corrected chi connectivity index (χ1v) is 9.10. The van der Waals surface area contributed by atoms with Crippen LogP contribution in [0.25, 0.3) is 5.69 Å². The van der Waals surface area contributed by atoms with Crippen LogP contribution in [0.3, 0.4) is 0 Å². The minimum absolute atomic E-state index is 0.148.